The number of anilines is 3. The molecule has 172 valence electrons. The Hall–Kier alpha value is -3.85. The van der Waals surface area contributed by atoms with Crippen molar-refractivity contribution in [3.05, 3.63) is 78.4 Å². The van der Waals surface area contributed by atoms with Gasteiger partial charge >= 0.3 is 0 Å². The van der Waals surface area contributed by atoms with Gasteiger partial charge in [0.05, 0.1) is 17.7 Å². The van der Waals surface area contributed by atoms with E-state index in [2.05, 4.69) is 5.32 Å². The van der Waals surface area contributed by atoms with E-state index in [-0.39, 0.29) is 16.4 Å². The van der Waals surface area contributed by atoms with Gasteiger partial charge in [-0.1, -0.05) is 6.07 Å². The largest absolute Gasteiger partial charge is 0.497 e. The molecule has 0 atom stereocenters. The first-order chi connectivity index (χ1) is 15.6. The number of rotatable bonds is 7. The topological polar surface area (TPSA) is 96.0 Å². The Kier molecular flexibility index (Phi) is 7.03. The summed E-state index contributed by atoms with van der Waals surface area (Å²) in [4.78, 5) is 25.7. The standard InChI is InChI=1S/C24H25N3O5S/c1-17(28)26(2)20-10-8-19(9-11-20)25-24(29)18-6-5-7-23(16-18)33(30,31)27(3)21-12-14-22(32-4)15-13-21/h5-16H,1-4H3,(H,25,29). The van der Waals surface area contributed by atoms with Crippen molar-refractivity contribution in [3.8, 4) is 5.75 Å². The first-order valence-corrected chi connectivity index (χ1v) is 11.5. The molecule has 33 heavy (non-hydrogen) atoms. The minimum absolute atomic E-state index is 0.00750. The molecular formula is C24H25N3O5S. The SMILES string of the molecule is COc1ccc(N(C)S(=O)(=O)c2cccc(C(=O)Nc3ccc(N(C)C(C)=O)cc3)c2)cc1. The summed E-state index contributed by atoms with van der Waals surface area (Å²) in [5, 5.41) is 2.74. The van der Waals surface area contributed by atoms with E-state index in [9.17, 15) is 18.0 Å². The van der Waals surface area contributed by atoms with Crippen LogP contribution in [0, 0.1) is 0 Å². The van der Waals surface area contributed by atoms with Gasteiger partial charge in [-0.15, -0.1) is 0 Å². The van der Waals surface area contributed by atoms with Gasteiger partial charge in [-0.05, 0) is 66.7 Å². The number of hydrogen-bond donors (Lipinski definition) is 1. The molecule has 0 bridgehead atoms. The number of hydrogen-bond acceptors (Lipinski definition) is 5. The summed E-state index contributed by atoms with van der Waals surface area (Å²) in [6.45, 7) is 1.46. The third-order valence-corrected chi connectivity index (χ3v) is 6.96. The van der Waals surface area contributed by atoms with Crippen LogP contribution in [-0.4, -0.2) is 41.4 Å². The lowest BCUT2D eigenvalue weighted by atomic mass is 10.2. The van der Waals surface area contributed by atoms with Gasteiger partial charge in [0.1, 0.15) is 5.75 Å². The van der Waals surface area contributed by atoms with Crippen molar-refractivity contribution in [1.82, 2.24) is 0 Å². The Morgan fingerprint density at radius 1 is 0.879 bits per heavy atom. The number of nitrogens with zero attached hydrogens (tertiary/aromatic N) is 2. The van der Waals surface area contributed by atoms with E-state index < -0.39 is 15.9 Å². The lowest BCUT2D eigenvalue weighted by molar-refractivity contribution is -0.116. The number of carbonyl (C=O) groups is 2. The van der Waals surface area contributed by atoms with Crippen LogP contribution in [0.25, 0.3) is 0 Å². The second-order valence-corrected chi connectivity index (χ2v) is 9.25. The van der Waals surface area contributed by atoms with Gasteiger partial charge in [-0.3, -0.25) is 13.9 Å². The highest BCUT2D eigenvalue weighted by atomic mass is 32.2. The molecule has 3 rings (SSSR count). The third-order valence-electron chi connectivity index (χ3n) is 5.18. The maximum absolute atomic E-state index is 13.1. The quantitative estimate of drug-likeness (QED) is 0.571. The zero-order valence-electron chi connectivity index (χ0n) is 18.8. The van der Waals surface area contributed by atoms with E-state index in [1.807, 2.05) is 0 Å². The van der Waals surface area contributed by atoms with Gasteiger partial charge in [0, 0.05) is 38.0 Å². The Bertz CT molecular complexity index is 1260. The molecule has 0 saturated heterocycles. The van der Waals surface area contributed by atoms with Gasteiger partial charge in [-0.2, -0.15) is 0 Å². The molecule has 3 aromatic rings. The van der Waals surface area contributed by atoms with Gasteiger partial charge in [0.15, 0.2) is 0 Å². The molecule has 0 heterocycles. The molecule has 0 aliphatic carbocycles. The minimum atomic E-state index is -3.89. The van der Waals surface area contributed by atoms with Crippen LogP contribution in [0.4, 0.5) is 17.1 Å². The van der Waals surface area contributed by atoms with Crippen molar-refractivity contribution in [1.29, 1.82) is 0 Å². The van der Waals surface area contributed by atoms with Gasteiger partial charge in [0.25, 0.3) is 15.9 Å². The van der Waals surface area contributed by atoms with E-state index in [0.717, 1.165) is 4.31 Å². The lowest BCUT2D eigenvalue weighted by Crippen LogP contribution is -2.26. The Balaban J connectivity index is 1.79. The zero-order chi connectivity index (χ0) is 24.2. The molecular weight excluding hydrogens is 442 g/mol. The van der Waals surface area contributed by atoms with Crippen LogP contribution >= 0.6 is 0 Å². The van der Waals surface area contributed by atoms with Gasteiger partial charge in [-0.25, -0.2) is 8.42 Å². The molecule has 9 heteroatoms. The van der Waals surface area contributed by atoms with Crippen LogP contribution in [0.3, 0.4) is 0 Å². The van der Waals surface area contributed by atoms with E-state index >= 15 is 0 Å². The molecule has 0 fully saturated rings. The van der Waals surface area contributed by atoms with Crippen molar-refractivity contribution in [2.75, 3.05) is 35.7 Å². The second-order valence-electron chi connectivity index (χ2n) is 7.28. The molecule has 8 nitrogen and oxygen atoms in total. The average Bonchev–Trinajstić information content (AvgIpc) is 2.83. The fourth-order valence-corrected chi connectivity index (χ4v) is 4.28. The number of carbonyl (C=O) groups excluding carboxylic acids is 2. The molecule has 0 aromatic heterocycles. The highest BCUT2D eigenvalue weighted by Gasteiger charge is 2.22. The highest BCUT2D eigenvalue weighted by Crippen LogP contribution is 2.25. The molecule has 0 aliphatic rings. The summed E-state index contributed by atoms with van der Waals surface area (Å²) >= 11 is 0. The van der Waals surface area contributed by atoms with E-state index in [1.165, 1.54) is 44.2 Å². The van der Waals surface area contributed by atoms with Crippen molar-refractivity contribution >= 4 is 38.9 Å². The predicted octanol–water partition coefficient (Wildman–Crippen LogP) is 3.76. The molecule has 0 radical (unpaired) electrons. The molecule has 2 amide bonds. The second kappa shape index (κ2) is 9.74. The zero-order valence-corrected chi connectivity index (χ0v) is 19.6. The molecule has 3 aromatic carbocycles. The Labute approximate surface area is 193 Å². The number of amides is 2. The maximum atomic E-state index is 13.1. The average molecular weight is 468 g/mol. The summed E-state index contributed by atoms with van der Waals surface area (Å²) in [5.41, 5.74) is 1.87. The Morgan fingerprint density at radius 2 is 1.48 bits per heavy atom. The summed E-state index contributed by atoms with van der Waals surface area (Å²) in [6, 6.07) is 19.2. The van der Waals surface area contributed by atoms with Gasteiger partial charge in [0.2, 0.25) is 5.91 Å². The monoisotopic (exact) mass is 467 g/mol. The maximum Gasteiger partial charge on any atom is 0.264 e. The highest BCUT2D eigenvalue weighted by molar-refractivity contribution is 7.92. The van der Waals surface area contributed by atoms with E-state index in [1.54, 1.807) is 61.6 Å². The summed E-state index contributed by atoms with van der Waals surface area (Å²) in [7, 11) is 0.749. The number of methoxy groups -OCH3 is 1. The lowest BCUT2D eigenvalue weighted by Gasteiger charge is -2.20. The van der Waals surface area contributed by atoms with Crippen molar-refractivity contribution < 1.29 is 22.7 Å². The molecule has 0 spiro atoms. The summed E-state index contributed by atoms with van der Waals surface area (Å²) in [6.07, 6.45) is 0. The van der Waals surface area contributed by atoms with Crippen LogP contribution in [0.1, 0.15) is 17.3 Å². The third kappa shape index (κ3) is 5.32. The smallest absolute Gasteiger partial charge is 0.264 e. The normalized spacial score (nSPS) is 10.9. The van der Waals surface area contributed by atoms with Crippen molar-refractivity contribution in [2.45, 2.75) is 11.8 Å². The molecule has 1 N–H and O–H groups in total. The summed E-state index contributed by atoms with van der Waals surface area (Å²) < 4.78 is 32.5. The van der Waals surface area contributed by atoms with Crippen LogP contribution in [0.5, 0.6) is 5.75 Å². The fourth-order valence-electron chi connectivity index (χ4n) is 3.04. The van der Waals surface area contributed by atoms with E-state index in [4.69, 9.17) is 4.74 Å². The first-order valence-electron chi connectivity index (χ1n) is 10.0. The number of sulfonamides is 1. The molecule has 0 unspecified atom stereocenters. The number of ether oxygens (including phenoxy) is 1. The van der Waals surface area contributed by atoms with Crippen molar-refractivity contribution in [2.24, 2.45) is 0 Å². The number of nitrogens with one attached hydrogen (secondary N) is 1. The summed E-state index contributed by atoms with van der Waals surface area (Å²) in [5.74, 6) is 0.0560. The van der Waals surface area contributed by atoms with Crippen LogP contribution in [-0.2, 0) is 14.8 Å². The minimum Gasteiger partial charge on any atom is -0.497 e. The van der Waals surface area contributed by atoms with Crippen LogP contribution in [0.2, 0.25) is 0 Å². The molecule has 0 saturated carbocycles. The molecule has 0 aliphatic heterocycles. The Morgan fingerprint density at radius 3 is 2.06 bits per heavy atom. The van der Waals surface area contributed by atoms with Crippen LogP contribution in [0.15, 0.2) is 77.7 Å². The van der Waals surface area contributed by atoms with Crippen molar-refractivity contribution in [3.63, 3.8) is 0 Å². The van der Waals surface area contributed by atoms with Crippen LogP contribution < -0.4 is 19.3 Å². The number of benzene rings is 3. The van der Waals surface area contributed by atoms with E-state index in [0.29, 0.717) is 22.8 Å². The van der Waals surface area contributed by atoms with Gasteiger partial charge < -0.3 is 15.0 Å². The fraction of sp³-hybridized carbons (Fsp3) is 0.167. The first kappa shape index (κ1) is 23.8. The predicted molar refractivity (Wildman–Crippen MR) is 129 cm³/mol.